The van der Waals surface area contributed by atoms with Gasteiger partial charge < -0.3 is 59.7 Å². The van der Waals surface area contributed by atoms with E-state index in [1.54, 1.807) is 32.6 Å². The molecule has 0 saturated carbocycles. The number of aromatic amines is 2. The molecule has 4 N–H and O–H groups in total. The zero-order valence-corrected chi connectivity index (χ0v) is 28.7. The van der Waals surface area contributed by atoms with E-state index < -0.39 is 18.5 Å². The van der Waals surface area contributed by atoms with Gasteiger partial charge in [-0.15, -0.1) is 35.5 Å². The summed E-state index contributed by atoms with van der Waals surface area (Å²) in [5.41, 5.74) is 6.38. The number of anilines is 2. The summed E-state index contributed by atoms with van der Waals surface area (Å²) in [7, 11) is 0. The van der Waals surface area contributed by atoms with E-state index in [1.807, 2.05) is 34.5 Å². The van der Waals surface area contributed by atoms with Crippen molar-refractivity contribution < 1.29 is 25.3 Å². The third kappa shape index (κ3) is 10.3. The Bertz CT molecular complexity index is 1040. The monoisotopic (exact) mass is 766 g/mol. The summed E-state index contributed by atoms with van der Waals surface area (Å²) in [6.45, 7) is 3.38. The molecule has 0 amide bonds. The van der Waals surface area contributed by atoms with Crippen LogP contribution < -0.4 is 20.9 Å². The van der Waals surface area contributed by atoms with Crippen molar-refractivity contribution >= 4 is 128 Å². The number of aromatic nitrogens is 2. The fraction of sp³-hybridized carbons (Fsp3) is 0.333. The van der Waals surface area contributed by atoms with Crippen LogP contribution in [-0.4, -0.2) is 73.9 Å². The summed E-state index contributed by atoms with van der Waals surface area (Å²) in [6.07, 6.45) is 5.64. The quantitative estimate of drug-likeness (QED) is 0.0900. The molecule has 21 heteroatoms. The van der Waals surface area contributed by atoms with Crippen LogP contribution in [0.15, 0.2) is 36.7 Å². The molecule has 12 nitrogen and oxygen atoms in total. The Morgan fingerprint density at radius 3 is 1.36 bits per heavy atom. The number of nitrogens with one attached hydrogen (secondary N) is 4. The molecular formula is C18H24MoN10O2S8. The van der Waals surface area contributed by atoms with E-state index >= 15 is 0 Å². The number of hydrogen-bond acceptors (Lipinski definition) is 12. The Morgan fingerprint density at radius 2 is 1.15 bits per heavy atom. The van der Waals surface area contributed by atoms with Crippen LogP contribution >= 0.6 is 74.1 Å². The van der Waals surface area contributed by atoms with E-state index in [-0.39, 0.29) is 8.64 Å². The summed E-state index contributed by atoms with van der Waals surface area (Å²) >= 11 is 37.3. The number of thiol groups is 2. The van der Waals surface area contributed by atoms with Gasteiger partial charge in [0.1, 0.15) is 11.6 Å². The van der Waals surface area contributed by atoms with Crippen molar-refractivity contribution in [2.45, 2.75) is 12.8 Å². The fourth-order valence-electron chi connectivity index (χ4n) is 3.41. The Kier molecular flexibility index (Phi) is 16.0. The van der Waals surface area contributed by atoms with Crippen LogP contribution in [0.1, 0.15) is 12.8 Å². The average molecular weight is 765 g/mol. The minimum absolute atomic E-state index is 0.274. The molecule has 2 aliphatic heterocycles. The number of rotatable bonds is 4. The first kappa shape index (κ1) is 34.6. The van der Waals surface area contributed by atoms with Crippen molar-refractivity contribution in [2.75, 3.05) is 36.2 Å². The van der Waals surface area contributed by atoms with Gasteiger partial charge in [0.25, 0.3) is 0 Å². The number of thiocarbonyl (C=S) groups is 4. The van der Waals surface area contributed by atoms with Crippen molar-refractivity contribution in [3.63, 3.8) is 0 Å². The normalized spacial score (nSPS) is 14.6. The van der Waals surface area contributed by atoms with E-state index in [9.17, 15) is 0 Å². The molecule has 2 saturated heterocycles. The van der Waals surface area contributed by atoms with Gasteiger partial charge in [0, 0.05) is 38.6 Å². The SMILES string of the molecule is S=C(S)N(c1ccc[nH]1)N(C(=S)[S-])N1CCCN1.S=C(S)N(c1ccc[nH]1)N(C(=S)[S-])N1CCCN1.[O]=[Mo+2]=[O]. The summed E-state index contributed by atoms with van der Waals surface area (Å²) in [5.74, 6) is 1.52. The molecular weight excluding hydrogens is 741 g/mol. The molecule has 2 aromatic heterocycles. The average Bonchev–Trinajstić information content (AvgIpc) is 3.70. The second-order valence-corrected chi connectivity index (χ2v) is 11.9. The summed E-state index contributed by atoms with van der Waals surface area (Å²) in [5, 5.41) is 10.3. The first-order valence-corrected chi connectivity index (χ1v) is 15.9. The molecule has 4 rings (SSSR count). The van der Waals surface area contributed by atoms with Crippen LogP contribution in [-0.2, 0) is 50.5 Å². The van der Waals surface area contributed by atoms with Crippen molar-refractivity contribution in [2.24, 2.45) is 0 Å². The van der Waals surface area contributed by atoms with Crippen molar-refractivity contribution in [1.29, 1.82) is 0 Å². The molecule has 0 atom stereocenters. The van der Waals surface area contributed by atoms with Crippen molar-refractivity contribution in [1.82, 2.24) is 41.3 Å². The summed E-state index contributed by atoms with van der Waals surface area (Å²) in [6, 6.07) is 7.49. The molecule has 39 heavy (non-hydrogen) atoms. The predicted octanol–water partition coefficient (Wildman–Crippen LogP) is 2.18. The molecule has 0 bridgehead atoms. The third-order valence-corrected chi connectivity index (χ3v) is 6.20. The van der Waals surface area contributed by atoms with Gasteiger partial charge in [0.15, 0.2) is 8.64 Å². The Balaban J connectivity index is 0.000000249. The summed E-state index contributed by atoms with van der Waals surface area (Å²) < 4.78 is 18.3. The molecule has 212 valence electrons. The van der Waals surface area contributed by atoms with Crippen LogP contribution in [0.5, 0.6) is 0 Å². The van der Waals surface area contributed by atoms with E-state index in [1.165, 1.54) is 0 Å². The maximum absolute atomic E-state index is 8.50. The topological polar surface area (TPSA) is 109 Å². The number of hydrogen-bond donors (Lipinski definition) is 6. The number of nitrogens with zero attached hydrogens (tertiary/aromatic N) is 6. The fourth-order valence-corrected chi connectivity index (χ4v) is 4.87. The zero-order chi connectivity index (χ0) is 28.9. The van der Waals surface area contributed by atoms with Gasteiger partial charge in [0.2, 0.25) is 0 Å². The second kappa shape index (κ2) is 18.0. The van der Waals surface area contributed by atoms with Gasteiger partial charge in [-0.3, -0.25) is 0 Å². The zero-order valence-electron chi connectivity index (χ0n) is 20.0. The molecule has 0 radical (unpaired) electrons. The standard InChI is InChI=1S/2C9H13N5S4.Mo.2O/c2*15-8(16)13(7-3-1-4-10-7)14(9(17)18)12-6-2-5-11-12;;;/h2*1,3-4,10-11H,2,5-6H2,(H,15,16)(H,17,18);;;/q;;+2;;/p-2. The minimum atomic E-state index is -2.03. The number of hydrazine groups is 6. The second-order valence-electron chi connectivity index (χ2n) is 7.25. The van der Waals surface area contributed by atoms with Crippen molar-refractivity contribution in [3.05, 3.63) is 36.7 Å². The van der Waals surface area contributed by atoms with Crippen LogP contribution in [0, 0.1) is 0 Å². The van der Waals surface area contributed by atoms with Gasteiger partial charge >= 0.3 is 25.3 Å². The Morgan fingerprint density at radius 1 is 0.795 bits per heavy atom. The summed E-state index contributed by atoms with van der Waals surface area (Å²) in [4.78, 5) is 6.13. The van der Waals surface area contributed by atoms with E-state index in [2.05, 4.69) is 46.1 Å². The molecule has 0 aliphatic carbocycles. The third-order valence-electron chi connectivity index (χ3n) is 4.83. The maximum atomic E-state index is 8.50. The van der Waals surface area contributed by atoms with Gasteiger partial charge in [-0.05, 0) is 45.7 Å². The first-order valence-electron chi connectivity index (χ1n) is 10.9. The van der Waals surface area contributed by atoms with E-state index in [0.29, 0.717) is 8.64 Å². The van der Waals surface area contributed by atoms with Gasteiger partial charge in [-0.1, -0.05) is 24.4 Å². The van der Waals surface area contributed by atoms with Gasteiger partial charge in [-0.2, -0.15) is 0 Å². The molecule has 2 aliphatic rings. The van der Waals surface area contributed by atoms with Crippen LogP contribution in [0.3, 0.4) is 0 Å². The Hall–Kier alpha value is -0.612. The predicted molar refractivity (Wildman–Crippen MR) is 173 cm³/mol. The van der Waals surface area contributed by atoms with Gasteiger partial charge in [-0.25, -0.2) is 31.1 Å². The van der Waals surface area contributed by atoms with Crippen LogP contribution in [0.2, 0.25) is 0 Å². The molecule has 0 aromatic carbocycles. The van der Waals surface area contributed by atoms with Crippen molar-refractivity contribution in [3.8, 4) is 0 Å². The molecule has 4 heterocycles. The van der Waals surface area contributed by atoms with Crippen LogP contribution in [0.25, 0.3) is 0 Å². The van der Waals surface area contributed by atoms with Gasteiger partial charge in [0.05, 0.1) is 0 Å². The molecule has 2 fully saturated rings. The molecule has 2 aromatic rings. The molecule has 0 unspecified atom stereocenters. The van der Waals surface area contributed by atoms with Crippen LogP contribution in [0.4, 0.5) is 11.6 Å². The molecule has 0 spiro atoms. The van der Waals surface area contributed by atoms with E-state index in [0.717, 1.165) is 50.7 Å². The first-order chi connectivity index (χ1) is 18.6. The van der Waals surface area contributed by atoms with E-state index in [4.69, 9.17) is 80.9 Å². The Labute approximate surface area is 278 Å². The number of H-pyrrole nitrogens is 2.